The Morgan fingerprint density at radius 1 is 0.577 bits per heavy atom. The minimum Gasteiger partial charge on any atom is -0.370 e. The number of hydrogen-bond acceptors (Lipinski definition) is 4. The fourth-order valence-electron chi connectivity index (χ4n) is 2.75. The molecule has 0 saturated heterocycles. The van der Waals surface area contributed by atoms with Crippen LogP contribution in [0.4, 0.5) is 22.7 Å². The molecule has 1 aliphatic heterocycles. The van der Waals surface area contributed by atoms with Gasteiger partial charge in [0.05, 0.1) is 22.7 Å². The highest BCUT2D eigenvalue weighted by molar-refractivity contribution is 6.07. The van der Waals surface area contributed by atoms with Crippen molar-refractivity contribution in [2.45, 2.75) is 38.8 Å². The Labute approximate surface area is 153 Å². The predicted octanol–water partition coefficient (Wildman–Crippen LogP) is 3.66. The van der Waals surface area contributed by atoms with E-state index >= 15 is 0 Å². The molecule has 1 aliphatic rings. The first-order valence-corrected chi connectivity index (χ1v) is 8.56. The molecule has 1 heterocycles. The van der Waals surface area contributed by atoms with E-state index in [-0.39, 0.29) is 11.8 Å². The van der Waals surface area contributed by atoms with Crippen LogP contribution in [0.3, 0.4) is 0 Å². The Morgan fingerprint density at radius 2 is 0.885 bits per heavy atom. The number of benzene rings is 2. The van der Waals surface area contributed by atoms with Crippen LogP contribution < -0.4 is 21.3 Å². The van der Waals surface area contributed by atoms with Crippen molar-refractivity contribution in [3.05, 3.63) is 48.5 Å². The van der Waals surface area contributed by atoms with Crippen molar-refractivity contribution in [3.8, 4) is 0 Å². The van der Waals surface area contributed by atoms with Crippen LogP contribution in [-0.2, 0) is 9.59 Å². The van der Waals surface area contributed by atoms with Gasteiger partial charge in [0.1, 0.15) is 11.1 Å². The normalized spacial score (nSPS) is 18.5. The zero-order valence-electron chi connectivity index (χ0n) is 15.4. The minimum atomic E-state index is -0.863. The highest BCUT2D eigenvalue weighted by Crippen LogP contribution is 2.30. The van der Waals surface area contributed by atoms with Gasteiger partial charge < -0.3 is 21.3 Å². The molecule has 136 valence electrons. The Balaban J connectivity index is 2.10. The van der Waals surface area contributed by atoms with E-state index in [2.05, 4.69) is 21.3 Å². The van der Waals surface area contributed by atoms with Gasteiger partial charge in [-0.1, -0.05) is 24.3 Å². The zero-order valence-corrected chi connectivity index (χ0v) is 15.4. The number of fused-ring (bicyclic) bond motifs is 2. The Kier molecular flexibility index (Phi) is 4.36. The summed E-state index contributed by atoms with van der Waals surface area (Å²) in [5, 5.41) is 12.4. The molecule has 26 heavy (non-hydrogen) atoms. The minimum absolute atomic E-state index is 0.200. The van der Waals surface area contributed by atoms with Crippen LogP contribution in [0.5, 0.6) is 0 Å². The Morgan fingerprint density at radius 3 is 1.23 bits per heavy atom. The molecule has 4 N–H and O–H groups in total. The van der Waals surface area contributed by atoms with Crippen LogP contribution in [0, 0.1) is 0 Å². The van der Waals surface area contributed by atoms with E-state index in [1.807, 2.05) is 64.1 Å². The molecular weight excluding hydrogens is 328 g/mol. The maximum absolute atomic E-state index is 12.8. The molecule has 0 aliphatic carbocycles. The molecule has 0 spiro atoms. The molecule has 0 atom stereocenters. The van der Waals surface area contributed by atoms with Gasteiger partial charge in [0.2, 0.25) is 11.8 Å². The van der Waals surface area contributed by atoms with Crippen LogP contribution in [0.2, 0.25) is 0 Å². The second-order valence-corrected chi connectivity index (χ2v) is 7.50. The number of rotatable bonds is 0. The lowest BCUT2D eigenvalue weighted by atomic mass is 10.00. The summed E-state index contributed by atoms with van der Waals surface area (Å²) in [4.78, 5) is 25.7. The van der Waals surface area contributed by atoms with Crippen molar-refractivity contribution >= 4 is 34.6 Å². The largest absolute Gasteiger partial charge is 0.370 e. The molecule has 6 heteroatoms. The fourth-order valence-corrected chi connectivity index (χ4v) is 2.75. The van der Waals surface area contributed by atoms with Crippen LogP contribution in [0.1, 0.15) is 27.7 Å². The average molecular weight is 352 g/mol. The molecule has 6 nitrogen and oxygen atoms in total. The lowest BCUT2D eigenvalue weighted by molar-refractivity contribution is -0.120. The van der Waals surface area contributed by atoms with Crippen molar-refractivity contribution in [2.75, 3.05) is 21.3 Å². The van der Waals surface area contributed by atoms with Crippen molar-refractivity contribution in [1.82, 2.24) is 0 Å². The number of para-hydroxylation sites is 4. The number of carbonyl (C=O) groups excluding carboxylic acids is 2. The van der Waals surface area contributed by atoms with Crippen molar-refractivity contribution in [2.24, 2.45) is 0 Å². The molecule has 0 bridgehead atoms. The van der Waals surface area contributed by atoms with Crippen molar-refractivity contribution < 1.29 is 9.59 Å². The predicted molar refractivity (Wildman–Crippen MR) is 106 cm³/mol. The first kappa shape index (κ1) is 17.8. The first-order valence-electron chi connectivity index (χ1n) is 8.56. The fraction of sp³-hybridized carbons (Fsp3) is 0.300. The third-order valence-corrected chi connectivity index (χ3v) is 4.38. The number of carbonyl (C=O) groups is 2. The van der Waals surface area contributed by atoms with Gasteiger partial charge in [0.25, 0.3) is 0 Å². The van der Waals surface area contributed by atoms with Gasteiger partial charge in [-0.3, -0.25) is 9.59 Å². The summed E-state index contributed by atoms with van der Waals surface area (Å²) in [5.41, 5.74) is 0.900. The molecule has 2 aromatic rings. The van der Waals surface area contributed by atoms with E-state index in [0.717, 1.165) is 11.4 Å². The summed E-state index contributed by atoms with van der Waals surface area (Å²) in [7, 11) is 0. The van der Waals surface area contributed by atoms with Crippen LogP contribution >= 0.6 is 0 Å². The molecular formula is C20H24N4O2. The molecule has 0 unspecified atom stereocenters. The molecule has 0 aromatic heterocycles. The summed E-state index contributed by atoms with van der Waals surface area (Å²) in [6.07, 6.45) is 0. The van der Waals surface area contributed by atoms with E-state index in [1.165, 1.54) is 0 Å². The molecule has 2 aromatic carbocycles. The van der Waals surface area contributed by atoms with E-state index < -0.39 is 11.1 Å². The smallest absolute Gasteiger partial charge is 0.249 e. The molecule has 0 saturated carbocycles. The lowest BCUT2D eigenvalue weighted by Crippen LogP contribution is -2.47. The van der Waals surface area contributed by atoms with E-state index in [1.54, 1.807) is 12.1 Å². The standard InChI is InChI=1S/C20H24N4O2/c1-19(2)17(25)21-13-9-5-6-10-14(13)22-18(26)20(3,4)24-16-12-8-7-11-15(16)23-19/h5-12,23-24H,1-4H3,(H,21,25)(H,22,26). The average Bonchev–Trinajstić information content (AvgIpc) is 2.57. The van der Waals surface area contributed by atoms with Gasteiger partial charge in [0.15, 0.2) is 0 Å². The number of hydrogen-bond donors (Lipinski definition) is 4. The third-order valence-electron chi connectivity index (χ3n) is 4.38. The lowest BCUT2D eigenvalue weighted by Gasteiger charge is -2.32. The summed E-state index contributed by atoms with van der Waals surface area (Å²) in [6.45, 7) is 7.27. The highest BCUT2D eigenvalue weighted by Gasteiger charge is 2.33. The van der Waals surface area contributed by atoms with Crippen molar-refractivity contribution in [3.63, 3.8) is 0 Å². The van der Waals surface area contributed by atoms with Gasteiger partial charge in [0, 0.05) is 0 Å². The Bertz CT molecular complexity index is 788. The summed E-state index contributed by atoms with van der Waals surface area (Å²) >= 11 is 0. The van der Waals surface area contributed by atoms with E-state index in [4.69, 9.17) is 0 Å². The number of amides is 2. The molecule has 3 rings (SSSR count). The topological polar surface area (TPSA) is 82.3 Å². The number of anilines is 4. The van der Waals surface area contributed by atoms with Gasteiger partial charge >= 0.3 is 0 Å². The van der Waals surface area contributed by atoms with Gasteiger partial charge in [-0.05, 0) is 52.0 Å². The molecule has 0 fully saturated rings. The SMILES string of the molecule is CC1(C)Nc2ccccc2NC(C)(C)C(=O)Nc2ccccc2NC1=O. The van der Waals surface area contributed by atoms with Gasteiger partial charge in [-0.2, -0.15) is 0 Å². The maximum Gasteiger partial charge on any atom is 0.249 e. The van der Waals surface area contributed by atoms with Crippen LogP contribution in [0.25, 0.3) is 0 Å². The van der Waals surface area contributed by atoms with Crippen LogP contribution in [-0.4, -0.2) is 22.9 Å². The quantitative estimate of drug-likeness (QED) is 0.583. The van der Waals surface area contributed by atoms with Crippen LogP contribution in [0.15, 0.2) is 48.5 Å². The molecule has 2 amide bonds. The summed E-state index contributed by atoms with van der Waals surface area (Å²) in [5.74, 6) is -0.400. The number of nitrogens with one attached hydrogen (secondary N) is 4. The molecule has 0 radical (unpaired) electrons. The second-order valence-electron chi connectivity index (χ2n) is 7.50. The zero-order chi connectivity index (χ0) is 18.9. The Hall–Kier alpha value is -3.02. The van der Waals surface area contributed by atoms with E-state index in [0.29, 0.717) is 11.4 Å². The van der Waals surface area contributed by atoms with Crippen molar-refractivity contribution in [1.29, 1.82) is 0 Å². The first-order chi connectivity index (χ1) is 12.2. The highest BCUT2D eigenvalue weighted by atomic mass is 16.2. The monoisotopic (exact) mass is 352 g/mol. The van der Waals surface area contributed by atoms with Gasteiger partial charge in [-0.25, -0.2) is 0 Å². The summed E-state index contributed by atoms with van der Waals surface area (Å²) in [6, 6.07) is 14.7. The third kappa shape index (κ3) is 3.49. The maximum atomic E-state index is 12.8. The second kappa shape index (κ2) is 6.37. The van der Waals surface area contributed by atoms with Gasteiger partial charge in [-0.15, -0.1) is 0 Å². The van der Waals surface area contributed by atoms with E-state index in [9.17, 15) is 9.59 Å². The summed E-state index contributed by atoms with van der Waals surface area (Å²) < 4.78 is 0.